The highest BCUT2D eigenvalue weighted by molar-refractivity contribution is 7.90. The number of hydrogen-bond donors (Lipinski definition) is 1. The zero-order valence-electron chi connectivity index (χ0n) is 9.09. The minimum absolute atomic E-state index is 0. The van der Waals surface area contributed by atoms with Crippen molar-refractivity contribution in [1.29, 1.82) is 0 Å². The molecule has 16 heavy (non-hydrogen) atoms. The zero-order chi connectivity index (χ0) is 11.1. The minimum Gasteiger partial charge on any atom is -0.324 e. The van der Waals surface area contributed by atoms with Gasteiger partial charge in [0.25, 0.3) is 0 Å². The average molecular weight is 262 g/mol. The molecule has 2 rings (SSSR count). The van der Waals surface area contributed by atoms with Gasteiger partial charge in [-0.1, -0.05) is 12.1 Å². The smallest absolute Gasteiger partial charge is 0.175 e. The van der Waals surface area contributed by atoms with E-state index in [9.17, 15) is 8.42 Å². The molecule has 0 saturated heterocycles. The summed E-state index contributed by atoms with van der Waals surface area (Å²) < 4.78 is 22.5. The van der Waals surface area contributed by atoms with Crippen LogP contribution in [-0.2, 0) is 9.84 Å². The number of rotatable bonds is 3. The largest absolute Gasteiger partial charge is 0.324 e. The predicted molar refractivity (Wildman–Crippen MR) is 66.5 cm³/mol. The molecule has 1 atom stereocenters. The van der Waals surface area contributed by atoms with Crippen LogP contribution in [0.2, 0.25) is 0 Å². The van der Waals surface area contributed by atoms with Crippen LogP contribution in [0.15, 0.2) is 29.2 Å². The fourth-order valence-electron chi connectivity index (χ4n) is 1.66. The molecule has 3 nitrogen and oxygen atoms in total. The first-order chi connectivity index (χ1) is 6.98. The Morgan fingerprint density at radius 2 is 1.75 bits per heavy atom. The van der Waals surface area contributed by atoms with E-state index < -0.39 is 9.84 Å². The van der Waals surface area contributed by atoms with Crippen LogP contribution in [0, 0.1) is 5.92 Å². The lowest BCUT2D eigenvalue weighted by atomic mass is 10.0. The van der Waals surface area contributed by atoms with Gasteiger partial charge in [-0.2, -0.15) is 0 Å². The highest BCUT2D eigenvalue weighted by Gasteiger charge is 2.29. The maximum atomic E-state index is 11.2. The van der Waals surface area contributed by atoms with E-state index in [1.807, 2.05) is 12.1 Å². The first-order valence-electron chi connectivity index (χ1n) is 5.04. The van der Waals surface area contributed by atoms with Crippen molar-refractivity contribution in [3.05, 3.63) is 29.8 Å². The Kier molecular flexibility index (Phi) is 3.99. The Morgan fingerprint density at radius 3 is 2.12 bits per heavy atom. The number of hydrogen-bond acceptors (Lipinski definition) is 3. The van der Waals surface area contributed by atoms with Crippen molar-refractivity contribution in [2.24, 2.45) is 11.7 Å². The minimum atomic E-state index is -3.09. The molecule has 2 N–H and O–H groups in total. The van der Waals surface area contributed by atoms with Gasteiger partial charge in [-0.05, 0) is 36.5 Å². The molecule has 1 aliphatic rings. The molecule has 90 valence electrons. The van der Waals surface area contributed by atoms with Gasteiger partial charge in [-0.15, -0.1) is 12.4 Å². The van der Waals surface area contributed by atoms with Crippen molar-refractivity contribution >= 4 is 22.2 Å². The molecule has 0 spiro atoms. The number of benzene rings is 1. The SMILES string of the molecule is CS(=O)(=O)c1ccc([C@@H](N)C2CC2)cc1.Cl. The van der Waals surface area contributed by atoms with E-state index in [0.717, 1.165) is 5.56 Å². The Morgan fingerprint density at radius 1 is 1.25 bits per heavy atom. The summed E-state index contributed by atoms with van der Waals surface area (Å²) >= 11 is 0. The maximum absolute atomic E-state index is 11.2. The van der Waals surface area contributed by atoms with Crippen molar-refractivity contribution in [2.75, 3.05) is 6.26 Å². The quantitative estimate of drug-likeness (QED) is 0.904. The molecule has 5 heteroatoms. The highest BCUT2D eigenvalue weighted by Crippen LogP contribution is 2.39. The summed E-state index contributed by atoms with van der Waals surface area (Å²) in [5, 5.41) is 0. The zero-order valence-corrected chi connectivity index (χ0v) is 10.7. The predicted octanol–water partition coefficient (Wildman–Crippen LogP) is 1.92. The monoisotopic (exact) mass is 261 g/mol. The van der Waals surface area contributed by atoms with Crippen LogP contribution in [0.4, 0.5) is 0 Å². The lowest BCUT2D eigenvalue weighted by Crippen LogP contribution is -2.12. The molecule has 1 aromatic rings. The van der Waals surface area contributed by atoms with Crippen molar-refractivity contribution < 1.29 is 8.42 Å². The van der Waals surface area contributed by atoms with Gasteiger partial charge in [0.1, 0.15) is 0 Å². The normalized spacial score (nSPS) is 17.6. The summed E-state index contributed by atoms with van der Waals surface area (Å²) in [6, 6.07) is 6.97. The third-order valence-electron chi connectivity index (χ3n) is 2.82. The summed E-state index contributed by atoms with van der Waals surface area (Å²) in [5.74, 6) is 0.592. The van der Waals surface area contributed by atoms with Gasteiger partial charge >= 0.3 is 0 Å². The standard InChI is InChI=1S/C11H15NO2S.ClH/c1-15(13,14)10-6-4-9(5-7-10)11(12)8-2-3-8;/h4-8,11H,2-3,12H2,1H3;1H/t11-;/m0./s1. The third-order valence-corrected chi connectivity index (χ3v) is 3.95. The van der Waals surface area contributed by atoms with Gasteiger partial charge in [0.15, 0.2) is 9.84 Å². The summed E-state index contributed by atoms with van der Waals surface area (Å²) in [6.07, 6.45) is 3.59. The highest BCUT2D eigenvalue weighted by atomic mass is 35.5. The van der Waals surface area contributed by atoms with Gasteiger partial charge < -0.3 is 5.73 Å². The molecule has 0 aromatic heterocycles. The maximum Gasteiger partial charge on any atom is 0.175 e. The summed E-state index contributed by atoms with van der Waals surface area (Å²) in [5.41, 5.74) is 7.04. The Hall–Kier alpha value is -0.580. The van der Waals surface area contributed by atoms with Crippen LogP contribution >= 0.6 is 12.4 Å². The Labute approximate surface area is 102 Å². The van der Waals surface area contributed by atoms with Crippen LogP contribution in [0.3, 0.4) is 0 Å². The summed E-state index contributed by atoms with van der Waals surface area (Å²) in [4.78, 5) is 0.356. The number of nitrogens with two attached hydrogens (primary N) is 1. The molecule has 1 saturated carbocycles. The van der Waals surface area contributed by atoms with Crippen molar-refractivity contribution in [1.82, 2.24) is 0 Å². The van der Waals surface area contributed by atoms with Gasteiger partial charge in [-0.25, -0.2) is 8.42 Å². The van der Waals surface area contributed by atoms with E-state index in [0.29, 0.717) is 10.8 Å². The number of sulfone groups is 1. The second-order valence-corrected chi connectivity index (χ2v) is 6.22. The van der Waals surface area contributed by atoms with Gasteiger partial charge in [-0.3, -0.25) is 0 Å². The molecule has 0 heterocycles. The van der Waals surface area contributed by atoms with Crippen molar-refractivity contribution in [2.45, 2.75) is 23.8 Å². The van der Waals surface area contributed by atoms with Crippen molar-refractivity contribution in [3.63, 3.8) is 0 Å². The molecular formula is C11H16ClNO2S. The Balaban J connectivity index is 0.00000128. The van der Waals surface area contributed by atoms with Gasteiger partial charge in [0.2, 0.25) is 0 Å². The first kappa shape index (κ1) is 13.5. The number of halogens is 1. The van der Waals surface area contributed by atoms with Crippen molar-refractivity contribution in [3.8, 4) is 0 Å². The molecule has 1 aliphatic carbocycles. The van der Waals surface area contributed by atoms with E-state index in [4.69, 9.17) is 5.73 Å². The second-order valence-electron chi connectivity index (χ2n) is 4.20. The fourth-order valence-corrected chi connectivity index (χ4v) is 2.30. The second kappa shape index (κ2) is 4.73. The summed E-state index contributed by atoms with van der Waals surface area (Å²) in [7, 11) is -3.09. The lowest BCUT2D eigenvalue weighted by Gasteiger charge is -2.10. The molecule has 0 aliphatic heterocycles. The molecule has 0 amide bonds. The first-order valence-corrected chi connectivity index (χ1v) is 6.93. The average Bonchev–Trinajstić information content (AvgIpc) is 2.99. The van der Waals surface area contributed by atoms with Gasteiger partial charge in [0, 0.05) is 12.3 Å². The molecule has 1 aromatic carbocycles. The van der Waals surface area contributed by atoms with Crippen LogP contribution in [0.1, 0.15) is 24.4 Å². The molecule has 0 unspecified atom stereocenters. The van der Waals surface area contributed by atoms with E-state index in [1.165, 1.54) is 19.1 Å². The summed E-state index contributed by atoms with van der Waals surface area (Å²) in [6.45, 7) is 0. The van der Waals surface area contributed by atoms with E-state index >= 15 is 0 Å². The van der Waals surface area contributed by atoms with Crippen LogP contribution < -0.4 is 5.73 Å². The molecule has 1 fully saturated rings. The van der Waals surface area contributed by atoms with E-state index in [-0.39, 0.29) is 18.4 Å². The fraction of sp³-hybridized carbons (Fsp3) is 0.455. The van der Waals surface area contributed by atoms with Crippen LogP contribution in [0.25, 0.3) is 0 Å². The van der Waals surface area contributed by atoms with Crippen LogP contribution in [0.5, 0.6) is 0 Å². The Bertz CT molecular complexity index is 451. The molecular weight excluding hydrogens is 246 g/mol. The molecule has 0 bridgehead atoms. The van der Waals surface area contributed by atoms with Gasteiger partial charge in [0.05, 0.1) is 4.90 Å². The topological polar surface area (TPSA) is 60.2 Å². The third kappa shape index (κ3) is 2.97. The van der Waals surface area contributed by atoms with Crippen LogP contribution in [-0.4, -0.2) is 14.7 Å². The van der Waals surface area contributed by atoms with E-state index in [2.05, 4.69) is 0 Å². The molecule has 0 radical (unpaired) electrons. The van der Waals surface area contributed by atoms with E-state index in [1.54, 1.807) is 12.1 Å². The lowest BCUT2D eigenvalue weighted by molar-refractivity contribution is 0.601.